The standard InChI is InChI=1S/C11H14N2O3/c1-7-5-12-4-3-9(7)6-13-10(14)8(2)11(15)16/h3-5,8H,6H2,1-2H3,(H,13,14)(H,15,16). The second-order valence-electron chi connectivity index (χ2n) is 3.58. The molecule has 0 aliphatic heterocycles. The Morgan fingerprint density at radius 1 is 1.56 bits per heavy atom. The van der Waals surface area contributed by atoms with Crippen molar-refractivity contribution in [2.45, 2.75) is 20.4 Å². The van der Waals surface area contributed by atoms with Crippen molar-refractivity contribution in [2.24, 2.45) is 5.92 Å². The Morgan fingerprint density at radius 2 is 2.25 bits per heavy atom. The zero-order valence-corrected chi connectivity index (χ0v) is 9.23. The first-order valence-corrected chi connectivity index (χ1v) is 4.92. The van der Waals surface area contributed by atoms with Crippen LogP contribution in [0.5, 0.6) is 0 Å². The number of carboxylic acid groups (broad SMARTS) is 1. The number of nitrogens with zero attached hydrogens (tertiary/aromatic N) is 1. The Hall–Kier alpha value is -1.91. The van der Waals surface area contributed by atoms with Gasteiger partial charge >= 0.3 is 5.97 Å². The van der Waals surface area contributed by atoms with Crippen LogP contribution in [0.25, 0.3) is 0 Å². The number of amides is 1. The average molecular weight is 222 g/mol. The third kappa shape index (κ3) is 3.05. The van der Waals surface area contributed by atoms with Crippen LogP contribution in [0, 0.1) is 12.8 Å². The molecule has 2 N–H and O–H groups in total. The second-order valence-corrected chi connectivity index (χ2v) is 3.58. The molecule has 0 aromatic carbocycles. The molecule has 86 valence electrons. The molecule has 1 rings (SSSR count). The van der Waals surface area contributed by atoms with Crippen molar-refractivity contribution < 1.29 is 14.7 Å². The molecule has 16 heavy (non-hydrogen) atoms. The normalized spacial score (nSPS) is 11.9. The monoisotopic (exact) mass is 222 g/mol. The van der Waals surface area contributed by atoms with Crippen LogP contribution < -0.4 is 5.32 Å². The van der Waals surface area contributed by atoms with E-state index in [-0.39, 0.29) is 0 Å². The predicted molar refractivity (Wildman–Crippen MR) is 57.6 cm³/mol. The second kappa shape index (κ2) is 5.25. The van der Waals surface area contributed by atoms with Crippen LogP contribution in [0.15, 0.2) is 18.5 Å². The number of carbonyl (C=O) groups excluding carboxylic acids is 1. The molecule has 1 atom stereocenters. The van der Waals surface area contributed by atoms with E-state index in [1.165, 1.54) is 6.92 Å². The van der Waals surface area contributed by atoms with E-state index in [4.69, 9.17) is 5.11 Å². The molecule has 0 fully saturated rings. The van der Waals surface area contributed by atoms with E-state index >= 15 is 0 Å². The maximum absolute atomic E-state index is 11.4. The van der Waals surface area contributed by atoms with E-state index in [1.807, 2.05) is 6.92 Å². The molecule has 1 amide bonds. The van der Waals surface area contributed by atoms with Crippen molar-refractivity contribution in [3.05, 3.63) is 29.6 Å². The Morgan fingerprint density at radius 3 is 2.81 bits per heavy atom. The quantitative estimate of drug-likeness (QED) is 0.736. The highest BCUT2D eigenvalue weighted by molar-refractivity contribution is 5.96. The molecule has 5 heteroatoms. The molecule has 0 radical (unpaired) electrons. The summed E-state index contributed by atoms with van der Waals surface area (Å²) in [7, 11) is 0. The van der Waals surface area contributed by atoms with Crippen LogP contribution in [-0.2, 0) is 16.1 Å². The fourth-order valence-electron chi connectivity index (χ4n) is 1.15. The zero-order valence-electron chi connectivity index (χ0n) is 9.23. The summed E-state index contributed by atoms with van der Waals surface area (Å²) < 4.78 is 0. The molecular weight excluding hydrogens is 208 g/mol. The number of nitrogens with one attached hydrogen (secondary N) is 1. The van der Waals surface area contributed by atoms with Gasteiger partial charge in [-0.1, -0.05) is 0 Å². The average Bonchev–Trinajstić information content (AvgIpc) is 2.26. The zero-order chi connectivity index (χ0) is 12.1. The van der Waals surface area contributed by atoms with Crippen molar-refractivity contribution in [3.8, 4) is 0 Å². The molecular formula is C11H14N2O3. The van der Waals surface area contributed by atoms with Gasteiger partial charge in [0.05, 0.1) is 0 Å². The van der Waals surface area contributed by atoms with E-state index in [0.717, 1.165) is 11.1 Å². The fourth-order valence-corrected chi connectivity index (χ4v) is 1.15. The van der Waals surface area contributed by atoms with E-state index in [9.17, 15) is 9.59 Å². The first-order chi connectivity index (χ1) is 7.52. The summed E-state index contributed by atoms with van der Waals surface area (Å²) in [5, 5.41) is 11.2. The summed E-state index contributed by atoms with van der Waals surface area (Å²) in [5.41, 5.74) is 1.90. The van der Waals surface area contributed by atoms with Crippen LogP contribution in [0.2, 0.25) is 0 Å². The summed E-state index contributed by atoms with van der Waals surface area (Å²) in [4.78, 5) is 25.8. The number of carbonyl (C=O) groups is 2. The molecule has 0 saturated heterocycles. The van der Waals surface area contributed by atoms with Crippen molar-refractivity contribution in [2.75, 3.05) is 0 Å². The molecule has 0 aliphatic carbocycles. The van der Waals surface area contributed by atoms with Gasteiger partial charge in [-0.2, -0.15) is 0 Å². The van der Waals surface area contributed by atoms with E-state index in [1.54, 1.807) is 18.5 Å². The van der Waals surface area contributed by atoms with E-state index < -0.39 is 17.8 Å². The van der Waals surface area contributed by atoms with Gasteiger partial charge in [0.1, 0.15) is 5.92 Å². The molecule has 0 saturated carbocycles. The minimum Gasteiger partial charge on any atom is -0.481 e. The van der Waals surface area contributed by atoms with Crippen LogP contribution in [-0.4, -0.2) is 22.0 Å². The lowest BCUT2D eigenvalue weighted by Crippen LogP contribution is -2.33. The van der Waals surface area contributed by atoms with Crippen LogP contribution in [0.1, 0.15) is 18.1 Å². The van der Waals surface area contributed by atoms with E-state index in [2.05, 4.69) is 10.3 Å². The van der Waals surface area contributed by atoms with Gasteiger partial charge in [-0.15, -0.1) is 0 Å². The number of aliphatic carboxylic acids is 1. The number of carboxylic acids is 1. The maximum Gasteiger partial charge on any atom is 0.315 e. The molecule has 1 aromatic rings. The molecule has 1 heterocycles. The third-order valence-corrected chi connectivity index (χ3v) is 2.35. The predicted octanol–water partition coefficient (Wildman–Crippen LogP) is 0.727. The van der Waals surface area contributed by atoms with Gasteiger partial charge < -0.3 is 10.4 Å². The number of rotatable bonds is 4. The Labute approximate surface area is 93.5 Å². The smallest absolute Gasteiger partial charge is 0.315 e. The van der Waals surface area contributed by atoms with Crippen molar-refractivity contribution in [1.82, 2.24) is 10.3 Å². The van der Waals surface area contributed by atoms with Gasteiger partial charge in [-0.25, -0.2) is 0 Å². The summed E-state index contributed by atoms with van der Waals surface area (Å²) in [6.07, 6.45) is 3.33. The highest BCUT2D eigenvalue weighted by atomic mass is 16.4. The number of aryl methyl sites for hydroxylation is 1. The van der Waals surface area contributed by atoms with Gasteiger partial charge in [-0.3, -0.25) is 14.6 Å². The lowest BCUT2D eigenvalue weighted by atomic mass is 10.1. The number of aromatic nitrogens is 1. The van der Waals surface area contributed by atoms with Crippen molar-refractivity contribution >= 4 is 11.9 Å². The van der Waals surface area contributed by atoms with Gasteiger partial charge in [0.25, 0.3) is 0 Å². The maximum atomic E-state index is 11.4. The number of pyridine rings is 1. The van der Waals surface area contributed by atoms with Crippen LogP contribution in [0.3, 0.4) is 0 Å². The summed E-state index contributed by atoms with van der Waals surface area (Å²) in [5.74, 6) is -2.63. The van der Waals surface area contributed by atoms with Gasteiger partial charge in [0, 0.05) is 18.9 Å². The number of hydrogen-bond donors (Lipinski definition) is 2. The van der Waals surface area contributed by atoms with Gasteiger partial charge in [-0.05, 0) is 31.0 Å². The lowest BCUT2D eigenvalue weighted by Gasteiger charge is -2.09. The highest BCUT2D eigenvalue weighted by Gasteiger charge is 2.19. The topological polar surface area (TPSA) is 79.3 Å². The van der Waals surface area contributed by atoms with Crippen molar-refractivity contribution in [3.63, 3.8) is 0 Å². The van der Waals surface area contributed by atoms with E-state index in [0.29, 0.717) is 6.54 Å². The molecule has 0 aliphatic rings. The third-order valence-electron chi connectivity index (χ3n) is 2.35. The van der Waals surface area contributed by atoms with Crippen molar-refractivity contribution in [1.29, 1.82) is 0 Å². The minimum atomic E-state index is -1.12. The summed E-state index contributed by atoms with van der Waals surface area (Å²) in [6, 6.07) is 1.79. The fraction of sp³-hybridized carbons (Fsp3) is 0.364. The Bertz CT molecular complexity index is 404. The molecule has 1 unspecified atom stereocenters. The van der Waals surface area contributed by atoms with Crippen LogP contribution >= 0.6 is 0 Å². The van der Waals surface area contributed by atoms with Gasteiger partial charge in [0.15, 0.2) is 0 Å². The molecule has 0 bridgehead atoms. The lowest BCUT2D eigenvalue weighted by molar-refractivity contribution is -0.146. The number of hydrogen-bond acceptors (Lipinski definition) is 3. The minimum absolute atomic E-state index is 0.324. The molecule has 0 spiro atoms. The Balaban J connectivity index is 2.56. The Kier molecular flexibility index (Phi) is 3.99. The van der Waals surface area contributed by atoms with Gasteiger partial charge in [0.2, 0.25) is 5.91 Å². The van der Waals surface area contributed by atoms with Crippen LogP contribution in [0.4, 0.5) is 0 Å². The first kappa shape index (κ1) is 12.2. The summed E-state index contributed by atoms with van der Waals surface area (Å²) >= 11 is 0. The summed E-state index contributed by atoms with van der Waals surface area (Å²) in [6.45, 7) is 3.57. The first-order valence-electron chi connectivity index (χ1n) is 4.92. The molecule has 5 nitrogen and oxygen atoms in total. The largest absolute Gasteiger partial charge is 0.481 e. The molecule has 1 aromatic heterocycles. The highest BCUT2D eigenvalue weighted by Crippen LogP contribution is 2.04. The SMILES string of the molecule is Cc1cnccc1CNC(=O)C(C)C(=O)O.